The zero-order valence-corrected chi connectivity index (χ0v) is 11.7. The minimum atomic E-state index is -0.749. The van der Waals surface area contributed by atoms with Gasteiger partial charge in [0.25, 0.3) is 0 Å². The van der Waals surface area contributed by atoms with Gasteiger partial charge in [0.1, 0.15) is 0 Å². The molecule has 1 aliphatic carbocycles. The van der Waals surface area contributed by atoms with Gasteiger partial charge in [-0.2, -0.15) is 0 Å². The molecule has 19 heavy (non-hydrogen) atoms. The minimum absolute atomic E-state index is 0. The quantitative estimate of drug-likeness (QED) is 0.784. The molecule has 0 bridgehead atoms. The summed E-state index contributed by atoms with van der Waals surface area (Å²) < 4.78 is 0. The number of nitrogens with one attached hydrogen (secondary N) is 2. The van der Waals surface area contributed by atoms with Crippen molar-refractivity contribution in [1.29, 1.82) is 0 Å². The van der Waals surface area contributed by atoms with E-state index in [1.807, 2.05) is 0 Å². The number of rotatable bonds is 4. The van der Waals surface area contributed by atoms with Crippen molar-refractivity contribution in [2.24, 2.45) is 5.73 Å². The second-order valence-electron chi connectivity index (χ2n) is 4.39. The lowest BCUT2D eigenvalue weighted by molar-refractivity contribution is -0.125. The summed E-state index contributed by atoms with van der Waals surface area (Å²) in [6, 6.07) is 6.73. The monoisotopic (exact) mass is 303 g/mol. The molecule has 104 valence electrons. The number of hydrogen-bond donors (Lipinski definition) is 3. The third-order valence-electron chi connectivity index (χ3n) is 2.78. The predicted octanol–water partition coefficient (Wildman–Crippen LogP) is 1.31. The summed E-state index contributed by atoms with van der Waals surface area (Å²) in [5.41, 5.74) is 5.57. The Balaban J connectivity index is 0.00000180. The zero-order valence-electron chi connectivity index (χ0n) is 10.1. The molecule has 0 spiro atoms. The van der Waals surface area contributed by atoms with E-state index in [1.54, 1.807) is 24.3 Å². The van der Waals surface area contributed by atoms with Crippen LogP contribution in [0.3, 0.4) is 0 Å². The molecular weight excluding hydrogens is 289 g/mol. The van der Waals surface area contributed by atoms with E-state index in [9.17, 15) is 9.59 Å². The SMILES string of the molecule is Cl.NC1(C(=O)NCC(=O)Nc2ccc(Cl)cc2)CC1. The van der Waals surface area contributed by atoms with E-state index in [1.165, 1.54) is 0 Å². The van der Waals surface area contributed by atoms with Crippen molar-refractivity contribution >= 4 is 41.5 Å². The van der Waals surface area contributed by atoms with Crippen LogP contribution in [0.1, 0.15) is 12.8 Å². The van der Waals surface area contributed by atoms with E-state index in [-0.39, 0.29) is 30.8 Å². The first-order valence-corrected chi connectivity index (χ1v) is 6.00. The van der Waals surface area contributed by atoms with Crippen molar-refractivity contribution in [3.05, 3.63) is 29.3 Å². The van der Waals surface area contributed by atoms with Gasteiger partial charge in [-0.25, -0.2) is 0 Å². The summed E-state index contributed by atoms with van der Waals surface area (Å²) in [6.07, 6.45) is 1.36. The van der Waals surface area contributed by atoms with Crippen LogP contribution in [-0.2, 0) is 9.59 Å². The first-order valence-electron chi connectivity index (χ1n) is 5.62. The molecule has 0 atom stereocenters. The van der Waals surface area contributed by atoms with Crippen LogP contribution in [0, 0.1) is 0 Å². The number of carbonyl (C=O) groups excluding carboxylic acids is 2. The lowest BCUT2D eigenvalue weighted by Crippen LogP contribution is -2.45. The van der Waals surface area contributed by atoms with Crippen molar-refractivity contribution in [3.63, 3.8) is 0 Å². The topological polar surface area (TPSA) is 84.2 Å². The van der Waals surface area contributed by atoms with Crippen molar-refractivity contribution < 1.29 is 9.59 Å². The fourth-order valence-corrected chi connectivity index (χ4v) is 1.56. The van der Waals surface area contributed by atoms with Crippen molar-refractivity contribution in [2.75, 3.05) is 11.9 Å². The minimum Gasteiger partial charge on any atom is -0.345 e. The third-order valence-corrected chi connectivity index (χ3v) is 3.03. The molecule has 1 aliphatic rings. The lowest BCUT2D eigenvalue weighted by atomic mass is 10.3. The Labute approximate surface area is 122 Å². The number of hydrogen-bond acceptors (Lipinski definition) is 3. The van der Waals surface area contributed by atoms with Crippen LogP contribution in [-0.4, -0.2) is 23.9 Å². The molecule has 1 aromatic rings. The van der Waals surface area contributed by atoms with Crippen LogP contribution >= 0.6 is 24.0 Å². The Kier molecular flexibility index (Phi) is 5.17. The fourth-order valence-electron chi connectivity index (χ4n) is 1.44. The van der Waals surface area contributed by atoms with E-state index in [2.05, 4.69) is 10.6 Å². The van der Waals surface area contributed by atoms with Crippen molar-refractivity contribution in [2.45, 2.75) is 18.4 Å². The summed E-state index contributed by atoms with van der Waals surface area (Å²) in [6.45, 7) is -0.0829. The summed E-state index contributed by atoms with van der Waals surface area (Å²) in [5.74, 6) is -0.566. The van der Waals surface area contributed by atoms with E-state index in [0.29, 0.717) is 23.6 Å². The van der Waals surface area contributed by atoms with Crippen LogP contribution < -0.4 is 16.4 Å². The number of anilines is 1. The zero-order chi connectivity index (χ0) is 13.2. The van der Waals surface area contributed by atoms with E-state index >= 15 is 0 Å². The van der Waals surface area contributed by atoms with Gasteiger partial charge in [0.2, 0.25) is 11.8 Å². The van der Waals surface area contributed by atoms with Gasteiger partial charge in [0.15, 0.2) is 0 Å². The number of carbonyl (C=O) groups is 2. The standard InChI is InChI=1S/C12H14ClN3O2.ClH/c13-8-1-3-9(4-2-8)16-10(17)7-15-11(18)12(14)5-6-12;/h1-4H,5-7,14H2,(H,15,18)(H,16,17);1H. The summed E-state index contributed by atoms with van der Waals surface area (Å²) in [7, 11) is 0. The highest BCUT2D eigenvalue weighted by atomic mass is 35.5. The third kappa shape index (κ3) is 4.38. The van der Waals surface area contributed by atoms with Gasteiger partial charge in [0, 0.05) is 10.7 Å². The highest BCUT2D eigenvalue weighted by molar-refractivity contribution is 6.30. The van der Waals surface area contributed by atoms with Gasteiger partial charge in [-0.15, -0.1) is 12.4 Å². The molecule has 4 N–H and O–H groups in total. The van der Waals surface area contributed by atoms with E-state index in [0.717, 1.165) is 0 Å². The molecule has 0 aliphatic heterocycles. The number of halogens is 2. The van der Waals surface area contributed by atoms with Crippen LogP contribution in [0.15, 0.2) is 24.3 Å². The fraction of sp³-hybridized carbons (Fsp3) is 0.333. The van der Waals surface area contributed by atoms with Crippen LogP contribution in [0.25, 0.3) is 0 Å². The van der Waals surface area contributed by atoms with E-state index < -0.39 is 5.54 Å². The van der Waals surface area contributed by atoms with Gasteiger partial charge >= 0.3 is 0 Å². The highest BCUT2D eigenvalue weighted by Gasteiger charge is 2.45. The smallest absolute Gasteiger partial charge is 0.243 e. The molecule has 1 aromatic carbocycles. The molecule has 2 amide bonds. The number of nitrogens with two attached hydrogens (primary N) is 1. The Bertz CT molecular complexity index is 472. The van der Waals surface area contributed by atoms with Crippen molar-refractivity contribution in [3.8, 4) is 0 Å². The first-order chi connectivity index (χ1) is 8.49. The maximum Gasteiger partial charge on any atom is 0.243 e. The molecule has 0 saturated heterocycles. The van der Waals surface area contributed by atoms with Crippen molar-refractivity contribution in [1.82, 2.24) is 5.32 Å². The normalized spacial score (nSPS) is 15.1. The maximum atomic E-state index is 11.5. The van der Waals surface area contributed by atoms with E-state index in [4.69, 9.17) is 17.3 Å². The summed E-state index contributed by atoms with van der Waals surface area (Å²) in [5, 5.41) is 5.76. The highest BCUT2D eigenvalue weighted by Crippen LogP contribution is 2.31. The number of benzene rings is 1. The average molecular weight is 304 g/mol. The Morgan fingerprint density at radius 3 is 2.37 bits per heavy atom. The molecule has 0 unspecified atom stereocenters. The van der Waals surface area contributed by atoms with Gasteiger partial charge < -0.3 is 16.4 Å². The molecule has 1 saturated carbocycles. The molecule has 7 heteroatoms. The van der Waals surface area contributed by atoms with Gasteiger partial charge in [-0.05, 0) is 37.1 Å². The molecular formula is C12H15Cl2N3O2. The second-order valence-corrected chi connectivity index (χ2v) is 4.83. The second kappa shape index (κ2) is 6.23. The molecule has 5 nitrogen and oxygen atoms in total. The predicted molar refractivity (Wildman–Crippen MR) is 76.5 cm³/mol. The van der Waals surface area contributed by atoms with Crippen LogP contribution in [0.5, 0.6) is 0 Å². The Hall–Kier alpha value is -1.30. The van der Waals surface area contributed by atoms with Gasteiger partial charge in [-0.3, -0.25) is 9.59 Å². The molecule has 0 radical (unpaired) electrons. The summed E-state index contributed by atoms with van der Waals surface area (Å²) in [4.78, 5) is 23.0. The Morgan fingerprint density at radius 1 is 1.26 bits per heavy atom. The molecule has 0 heterocycles. The van der Waals surface area contributed by atoms with Crippen LogP contribution in [0.4, 0.5) is 5.69 Å². The largest absolute Gasteiger partial charge is 0.345 e. The Morgan fingerprint density at radius 2 is 1.84 bits per heavy atom. The lowest BCUT2D eigenvalue weighted by Gasteiger charge is -2.10. The average Bonchev–Trinajstić information content (AvgIpc) is 3.09. The number of amides is 2. The molecule has 2 rings (SSSR count). The molecule has 1 fully saturated rings. The maximum absolute atomic E-state index is 11.5. The van der Waals surface area contributed by atoms with Gasteiger partial charge in [0.05, 0.1) is 12.1 Å². The first kappa shape index (κ1) is 15.8. The summed E-state index contributed by atoms with van der Waals surface area (Å²) >= 11 is 5.72. The molecule has 0 aromatic heterocycles. The van der Waals surface area contributed by atoms with Crippen LogP contribution in [0.2, 0.25) is 5.02 Å². The van der Waals surface area contributed by atoms with Gasteiger partial charge in [-0.1, -0.05) is 11.6 Å².